The summed E-state index contributed by atoms with van der Waals surface area (Å²) in [5, 5.41) is 3.08. The largest absolute Gasteiger partial charge is 0.315 e. The van der Waals surface area contributed by atoms with Crippen molar-refractivity contribution in [3.05, 3.63) is 16.5 Å². The van der Waals surface area contributed by atoms with Crippen LogP contribution in [-0.4, -0.2) is 32.4 Å². The predicted octanol–water partition coefficient (Wildman–Crippen LogP) is 2.34. The summed E-state index contributed by atoms with van der Waals surface area (Å²) in [7, 11) is -1.42. The molecule has 4 nitrogen and oxygen atoms in total. The van der Waals surface area contributed by atoms with Gasteiger partial charge in [0.25, 0.3) is 10.0 Å². The lowest BCUT2D eigenvalue weighted by atomic mass is 10.3. The highest BCUT2D eigenvalue weighted by molar-refractivity contribution is 7.91. The molecule has 0 amide bonds. The van der Waals surface area contributed by atoms with Gasteiger partial charge in [-0.25, -0.2) is 8.42 Å². The van der Waals surface area contributed by atoms with Gasteiger partial charge in [-0.3, -0.25) is 0 Å². The molecule has 0 bridgehead atoms. The van der Waals surface area contributed by atoms with Crippen molar-refractivity contribution in [1.82, 2.24) is 9.62 Å². The Morgan fingerprint density at radius 2 is 2.16 bits per heavy atom. The fraction of sp³-hybridized carbons (Fsp3) is 0.692. The lowest BCUT2D eigenvalue weighted by Crippen LogP contribution is -2.33. The lowest BCUT2D eigenvalue weighted by molar-refractivity contribution is 0.404. The predicted molar refractivity (Wildman–Crippen MR) is 79.0 cm³/mol. The molecule has 2 rings (SSSR count). The fourth-order valence-electron chi connectivity index (χ4n) is 2.15. The number of rotatable bonds is 7. The molecule has 1 heterocycles. The molecule has 0 atom stereocenters. The van der Waals surface area contributed by atoms with Crippen molar-refractivity contribution in [3.63, 3.8) is 0 Å². The van der Waals surface area contributed by atoms with Gasteiger partial charge in [0.1, 0.15) is 4.21 Å². The molecule has 0 aromatic carbocycles. The minimum absolute atomic E-state index is 0.236. The molecule has 1 N–H and O–H groups in total. The third-order valence-electron chi connectivity index (χ3n) is 3.30. The molecule has 1 aliphatic rings. The molecule has 1 aromatic heterocycles. The highest BCUT2D eigenvalue weighted by atomic mass is 32.2. The van der Waals surface area contributed by atoms with Gasteiger partial charge in [-0.05, 0) is 44.9 Å². The fourth-order valence-corrected chi connectivity index (χ4v) is 5.66. The van der Waals surface area contributed by atoms with Crippen LogP contribution in [0.4, 0.5) is 0 Å². The second-order valence-electron chi connectivity index (χ2n) is 5.05. The summed E-state index contributed by atoms with van der Waals surface area (Å²) in [4.78, 5) is 1.10. The summed E-state index contributed by atoms with van der Waals surface area (Å²) in [5.74, 6) is 0. The van der Waals surface area contributed by atoms with Gasteiger partial charge in [-0.1, -0.05) is 6.92 Å². The zero-order valence-electron chi connectivity index (χ0n) is 11.8. The van der Waals surface area contributed by atoms with Crippen LogP contribution < -0.4 is 5.32 Å². The molecule has 0 spiro atoms. The van der Waals surface area contributed by atoms with Crippen molar-refractivity contribution in [2.24, 2.45) is 0 Å². The molecule has 1 fully saturated rings. The van der Waals surface area contributed by atoms with Crippen molar-refractivity contribution in [2.45, 2.75) is 49.9 Å². The van der Waals surface area contributed by atoms with Crippen molar-refractivity contribution in [1.29, 1.82) is 0 Å². The first-order chi connectivity index (χ1) is 9.00. The quantitative estimate of drug-likeness (QED) is 0.841. The third-order valence-corrected chi connectivity index (χ3v) is 6.93. The van der Waals surface area contributed by atoms with Gasteiger partial charge < -0.3 is 5.32 Å². The number of sulfonamides is 1. The highest BCUT2D eigenvalue weighted by Crippen LogP contribution is 2.35. The first-order valence-electron chi connectivity index (χ1n) is 6.76. The maximum absolute atomic E-state index is 12.7. The van der Waals surface area contributed by atoms with Crippen LogP contribution in [0.1, 0.15) is 36.6 Å². The number of hydrogen-bond acceptors (Lipinski definition) is 4. The molecule has 0 aliphatic heterocycles. The zero-order valence-corrected chi connectivity index (χ0v) is 13.4. The average molecular weight is 302 g/mol. The first-order valence-corrected chi connectivity index (χ1v) is 9.02. The van der Waals surface area contributed by atoms with E-state index in [0.717, 1.165) is 36.2 Å². The highest BCUT2D eigenvalue weighted by Gasteiger charge is 2.38. The van der Waals surface area contributed by atoms with Crippen LogP contribution in [0, 0.1) is 6.92 Å². The Kier molecular flexibility index (Phi) is 4.66. The molecule has 1 aromatic rings. The van der Waals surface area contributed by atoms with E-state index in [2.05, 4.69) is 5.32 Å². The normalized spacial score (nSPS) is 16.2. The number of thiophene rings is 1. The monoisotopic (exact) mass is 302 g/mol. The van der Waals surface area contributed by atoms with Crippen molar-refractivity contribution < 1.29 is 8.42 Å². The summed E-state index contributed by atoms with van der Waals surface area (Å²) in [6, 6.07) is 2.05. The third kappa shape index (κ3) is 3.18. The van der Waals surface area contributed by atoms with Crippen molar-refractivity contribution in [3.8, 4) is 0 Å². The smallest absolute Gasteiger partial charge is 0.252 e. The topological polar surface area (TPSA) is 49.4 Å². The standard InChI is InChI=1S/C13H22N2O2S2/c1-4-7-15(11-5-6-11)19(16,17)13-8-10(2)12(18-13)9-14-3/h8,11,14H,4-7,9H2,1-3H3. The van der Waals surface area contributed by atoms with E-state index in [0.29, 0.717) is 10.8 Å². The van der Waals surface area contributed by atoms with Gasteiger partial charge in [0.2, 0.25) is 0 Å². The summed E-state index contributed by atoms with van der Waals surface area (Å²) in [5.41, 5.74) is 1.06. The molecule has 0 saturated heterocycles. The SMILES string of the molecule is CCCN(C1CC1)S(=O)(=O)c1cc(C)c(CNC)s1. The van der Waals surface area contributed by atoms with E-state index in [4.69, 9.17) is 0 Å². The van der Waals surface area contributed by atoms with E-state index >= 15 is 0 Å². The van der Waals surface area contributed by atoms with E-state index in [1.807, 2.05) is 27.0 Å². The summed E-state index contributed by atoms with van der Waals surface area (Å²) < 4.78 is 27.6. The van der Waals surface area contributed by atoms with Crippen LogP contribution in [0.2, 0.25) is 0 Å². The average Bonchev–Trinajstić information content (AvgIpc) is 3.12. The Hall–Kier alpha value is -0.430. The first kappa shape index (κ1) is 15.0. The second-order valence-corrected chi connectivity index (χ2v) is 8.30. The van der Waals surface area contributed by atoms with E-state index in [1.54, 1.807) is 4.31 Å². The number of hydrogen-bond donors (Lipinski definition) is 1. The van der Waals surface area contributed by atoms with E-state index < -0.39 is 10.0 Å². The van der Waals surface area contributed by atoms with Crippen LogP contribution in [0.5, 0.6) is 0 Å². The summed E-state index contributed by atoms with van der Waals surface area (Å²) >= 11 is 1.40. The van der Waals surface area contributed by atoms with Gasteiger partial charge in [0.15, 0.2) is 0 Å². The van der Waals surface area contributed by atoms with Gasteiger partial charge in [-0.15, -0.1) is 11.3 Å². The van der Waals surface area contributed by atoms with Gasteiger partial charge >= 0.3 is 0 Å². The van der Waals surface area contributed by atoms with Crippen LogP contribution in [0.15, 0.2) is 10.3 Å². The molecule has 6 heteroatoms. The Labute approximate surface area is 119 Å². The molecule has 108 valence electrons. The van der Waals surface area contributed by atoms with Gasteiger partial charge in [0.05, 0.1) is 0 Å². The van der Waals surface area contributed by atoms with Gasteiger partial charge in [0, 0.05) is 24.0 Å². The zero-order chi connectivity index (χ0) is 14.0. The Morgan fingerprint density at radius 1 is 1.47 bits per heavy atom. The van der Waals surface area contributed by atoms with E-state index in [9.17, 15) is 8.42 Å². The Morgan fingerprint density at radius 3 is 2.68 bits per heavy atom. The van der Waals surface area contributed by atoms with Crippen molar-refractivity contribution >= 4 is 21.4 Å². The van der Waals surface area contributed by atoms with Crippen LogP contribution in [-0.2, 0) is 16.6 Å². The summed E-state index contributed by atoms with van der Waals surface area (Å²) in [6.45, 7) is 5.36. The number of nitrogens with one attached hydrogen (secondary N) is 1. The maximum Gasteiger partial charge on any atom is 0.252 e. The Balaban J connectivity index is 2.29. The lowest BCUT2D eigenvalue weighted by Gasteiger charge is -2.20. The van der Waals surface area contributed by atoms with E-state index in [-0.39, 0.29) is 6.04 Å². The number of aryl methyl sites for hydroxylation is 1. The second kappa shape index (κ2) is 5.91. The van der Waals surface area contributed by atoms with Crippen molar-refractivity contribution in [2.75, 3.05) is 13.6 Å². The molecule has 1 saturated carbocycles. The molecule has 0 unspecified atom stereocenters. The Bertz CT molecular complexity index is 533. The molecule has 0 radical (unpaired) electrons. The van der Waals surface area contributed by atoms with Crippen LogP contribution in [0.25, 0.3) is 0 Å². The maximum atomic E-state index is 12.7. The molecular weight excluding hydrogens is 280 g/mol. The minimum Gasteiger partial charge on any atom is -0.315 e. The summed E-state index contributed by atoms with van der Waals surface area (Å²) in [6.07, 6.45) is 2.88. The molecule has 19 heavy (non-hydrogen) atoms. The van der Waals surface area contributed by atoms with E-state index in [1.165, 1.54) is 11.3 Å². The minimum atomic E-state index is -3.30. The molecule has 1 aliphatic carbocycles. The van der Waals surface area contributed by atoms with Gasteiger partial charge in [-0.2, -0.15) is 4.31 Å². The van der Waals surface area contributed by atoms with Crippen LogP contribution >= 0.6 is 11.3 Å². The molecular formula is C13H22N2O2S2. The van der Waals surface area contributed by atoms with Crippen LogP contribution in [0.3, 0.4) is 0 Å². The number of nitrogens with zero attached hydrogens (tertiary/aromatic N) is 1.